The maximum atomic E-state index is 12.3. The molecule has 1 amide bonds. The molecule has 0 unspecified atom stereocenters. The van der Waals surface area contributed by atoms with E-state index in [2.05, 4.69) is 12.2 Å². The van der Waals surface area contributed by atoms with Gasteiger partial charge >= 0.3 is 0 Å². The molecule has 0 spiro atoms. The molecule has 3 N–H and O–H groups in total. The minimum absolute atomic E-state index is 0.00590. The molecular weight excluding hydrogens is 324 g/mol. The van der Waals surface area contributed by atoms with Crippen LogP contribution in [0.15, 0.2) is 48.5 Å². The van der Waals surface area contributed by atoms with Gasteiger partial charge in [-0.2, -0.15) is 0 Å². The van der Waals surface area contributed by atoms with E-state index in [1.165, 1.54) is 6.92 Å². The van der Waals surface area contributed by atoms with Crippen LogP contribution in [0.2, 0.25) is 5.02 Å². The molecule has 0 bridgehead atoms. The van der Waals surface area contributed by atoms with Crippen LogP contribution < -0.4 is 10.6 Å². The molecule has 0 saturated heterocycles. The SMILES string of the molecule is CC(=O)c1ccc(NC(=O)[C@@H](C)[NH2+][C@@H](C)c2ccc(Cl)cc2)cc1. The van der Waals surface area contributed by atoms with Crippen molar-refractivity contribution in [3.05, 3.63) is 64.7 Å². The molecule has 2 atom stereocenters. The highest BCUT2D eigenvalue weighted by Crippen LogP contribution is 2.14. The van der Waals surface area contributed by atoms with Crippen molar-refractivity contribution >= 4 is 29.0 Å². The summed E-state index contributed by atoms with van der Waals surface area (Å²) in [5.41, 5.74) is 2.43. The summed E-state index contributed by atoms with van der Waals surface area (Å²) in [4.78, 5) is 23.6. The second kappa shape index (κ2) is 8.08. The second-order valence-corrected chi connectivity index (χ2v) is 6.38. The summed E-state index contributed by atoms with van der Waals surface area (Å²) >= 11 is 5.90. The summed E-state index contributed by atoms with van der Waals surface area (Å²) in [6, 6.07) is 14.4. The number of ketones is 1. The molecule has 0 aliphatic rings. The van der Waals surface area contributed by atoms with Crippen LogP contribution in [-0.4, -0.2) is 17.7 Å². The van der Waals surface area contributed by atoms with E-state index in [9.17, 15) is 9.59 Å². The van der Waals surface area contributed by atoms with E-state index >= 15 is 0 Å². The highest BCUT2D eigenvalue weighted by molar-refractivity contribution is 6.30. The summed E-state index contributed by atoms with van der Waals surface area (Å²) in [5.74, 6) is -0.0715. The number of Topliss-reactive ketones (excluding diaryl/α,β-unsaturated/α-hetero) is 1. The minimum Gasteiger partial charge on any atom is -0.330 e. The molecule has 5 heteroatoms. The zero-order valence-corrected chi connectivity index (χ0v) is 14.8. The number of anilines is 1. The summed E-state index contributed by atoms with van der Waals surface area (Å²) in [6.45, 7) is 5.43. The fraction of sp³-hybridized carbons (Fsp3) is 0.263. The van der Waals surface area contributed by atoms with Gasteiger partial charge in [-0.3, -0.25) is 9.59 Å². The van der Waals surface area contributed by atoms with Crippen LogP contribution in [0.25, 0.3) is 0 Å². The Balaban J connectivity index is 1.93. The Morgan fingerprint density at radius 2 is 1.58 bits per heavy atom. The molecule has 4 nitrogen and oxygen atoms in total. The number of halogens is 1. The van der Waals surface area contributed by atoms with Crippen molar-refractivity contribution < 1.29 is 14.9 Å². The number of hydrogen-bond acceptors (Lipinski definition) is 2. The first kappa shape index (κ1) is 18.2. The lowest BCUT2D eigenvalue weighted by atomic mass is 10.1. The number of carbonyl (C=O) groups is 2. The number of nitrogens with one attached hydrogen (secondary N) is 1. The predicted molar refractivity (Wildman–Crippen MR) is 96.3 cm³/mol. The Labute approximate surface area is 147 Å². The highest BCUT2D eigenvalue weighted by Gasteiger charge is 2.20. The topological polar surface area (TPSA) is 62.8 Å². The zero-order valence-electron chi connectivity index (χ0n) is 14.0. The molecule has 2 aromatic rings. The normalized spacial score (nSPS) is 13.2. The number of rotatable bonds is 6. The number of carbonyl (C=O) groups excluding carboxylic acids is 2. The number of amides is 1. The lowest BCUT2D eigenvalue weighted by Crippen LogP contribution is -2.91. The van der Waals surface area contributed by atoms with Gasteiger partial charge in [0.25, 0.3) is 5.91 Å². The monoisotopic (exact) mass is 345 g/mol. The van der Waals surface area contributed by atoms with E-state index in [4.69, 9.17) is 11.6 Å². The molecule has 0 aliphatic carbocycles. The Kier molecular flexibility index (Phi) is 6.12. The summed E-state index contributed by atoms with van der Waals surface area (Å²) in [6.07, 6.45) is 0. The van der Waals surface area contributed by atoms with Crippen LogP contribution in [0.3, 0.4) is 0 Å². The Hall–Kier alpha value is -2.17. The van der Waals surface area contributed by atoms with Gasteiger partial charge in [0.05, 0.1) is 0 Å². The molecule has 0 saturated carbocycles. The lowest BCUT2D eigenvalue weighted by Gasteiger charge is -2.17. The molecule has 0 radical (unpaired) electrons. The van der Waals surface area contributed by atoms with Crippen LogP contribution in [0.4, 0.5) is 5.69 Å². The number of benzene rings is 2. The van der Waals surface area contributed by atoms with E-state index in [1.54, 1.807) is 24.3 Å². The third-order valence-electron chi connectivity index (χ3n) is 3.95. The van der Waals surface area contributed by atoms with Gasteiger partial charge in [-0.05, 0) is 57.2 Å². The first-order chi connectivity index (χ1) is 11.4. The van der Waals surface area contributed by atoms with E-state index < -0.39 is 0 Å². The van der Waals surface area contributed by atoms with Crippen molar-refractivity contribution in [3.8, 4) is 0 Å². The molecule has 24 heavy (non-hydrogen) atoms. The molecule has 2 aromatic carbocycles. The molecule has 0 fully saturated rings. The van der Waals surface area contributed by atoms with Gasteiger partial charge in [-0.1, -0.05) is 23.7 Å². The van der Waals surface area contributed by atoms with Crippen LogP contribution >= 0.6 is 11.6 Å². The number of quaternary nitrogens is 1. The number of nitrogens with two attached hydrogens (primary N) is 1. The fourth-order valence-electron chi connectivity index (χ4n) is 2.44. The van der Waals surface area contributed by atoms with Crippen molar-refractivity contribution in [1.82, 2.24) is 0 Å². The van der Waals surface area contributed by atoms with Crippen LogP contribution in [0, 0.1) is 0 Å². The van der Waals surface area contributed by atoms with E-state index in [0.29, 0.717) is 16.3 Å². The van der Waals surface area contributed by atoms with Gasteiger partial charge in [0.1, 0.15) is 6.04 Å². The third kappa shape index (κ3) is 4.91. The van der Waals surface area contributed by atoms with Gasteiger partial charge in [0, 0.05) is 21.8 Å². The van der Waals surface area contributed by atoms with Crippen molar-refractivity contribution in [2.24, 2.45) is 0 Å². The highest BCUT2D eigenvalue weighted by atomic mass is 35.5. The molecule has 0 heterocycles. The maximum absolute atomic E-state index is 12.3. The Bertz CT molecular complexity index is 711. The van der Waals surface area contributed by atoms with Gasteiger partial charge in [0.15, 0.2) is 11.8 Å². The van der Waals surface area contributed by atoms with Crippen molar-refractivity contribution in [1.29, 1.82) is 0 Å². The van der Waals surface area contributed by atoms with E-state index in [-0.39, 0.29) is 23.8 Å². The molecule has 2 rings (SSSR count). The fourth-order valence-corrected chi connectivity index (χ4v) is 2.57. The van der Waals surface area contributed by atoms with Crippen LogP contribution in [0.1, 0.15) is 42.7 Å². The average Bonchev–Trinajstić information content (AvgIpc) is 2.55. The smallest absolute Gasteiger partial charge is 0.282 e. The van der Waals surface area contributed by atoms with Gasteiger partial charge < -0.3 is 10.6 Å². The third-order valence-corrected chi connectivity index (χ3v) is 4.20. The Morgan fingerprint density at radius 1 is 1.00 bits per heavy atom. The van der Waals surface area contributed by atoms with Crippen molar-refractivity contribution in [3.63, 3.8) is 0 Å². The van der Waals surface area contributed by atoms with Crippen LogP contribution in [0.5, 0.6) is 0 Å². The predicted octanol–water partition coefficient (Wildman–Crippen LogP) is 3.19. The Morgan fingerprint density at radius 3 is 2.12 bits per heavy atom. The molecule has 0 aromatic heterocycles. The molecule has 0 aliphatic heterocycles. The lowest BCUT2D eigenvalue weighted by molar-refractivity contribution is -0.709. The largest absolute Gasteiger partial charge is 0.330 e. The minimum atomic E-state index is -0.247. The maximum Gasteiger partial charge on any atom is 0.282 e. The first-order valence-corrected chi connectivity index (χ1v) is 8.27. The molecule has 126 valence electrons. The molecular formula is C19H22ClN2O2+. The number of hydrogen-bond donors (Lipinski definition) is 2. The van der Waals surface area contributed by atoms with Crippen molar-refractivity contribution in [2.45, 2.75) is 32.9 Å². The first-order valence-electron chi connectivity index (χ1n) is 7.89. The van der Waals surface area contributed by atoms with E-state index in [0.717, 1.165) is 5.56 Å². The van der Waals surface area contributed by atoms with Gasteiger partial charge in [-0.15, -0.1) is 0 Å². The van der Waals surface area contributed by atoms with Gasteiger partial charge in [-0.25, -0.2) is 0 Å². The summed E-state index contributed by atoms with van der Waals surface area (Å²) < 4.78 is 0. The van der Waals surface area contributed by atoms with E-state index in [1.807, 2.05) is 36.5 Å². The second-order valence-electron chi connectivity index (χ2n) is 5.94. The summed E-state index contributed by atoms with van der Waals surface area (Å²) in [7, 11) is 0. The van der Waals surface area contributed by atoms with Gasteiger partial charge in [0.2, 0.25) is 0 Å². The quantitative estimate of drug-likeness (QED) is 0.790. The van der Waals surface area contributed by atoms with Crippen LogP contribution in [-0.2, 0) is 4.79 Å². The summed E-state index contributed by atoms with van der Waals surface area (Å²) in [5, 5.41) is 5.57. The van der Waals surface area contributed by atoms with Crippen molar-refractivity contribution in [2.75, 3.05) is 5.32 Å². The zero-order chi connectivity index (χ0) is 17.7. The standard InChI is InChI=1S/C19H21ClN2O2/c1-12(15-4-8-17(20)9-5-15)21-13(2)19(24)22-18-10-6-16(7-11-18)14(3)23/h4-13,21H,1-3H3,(H,22,24)/p+1/t12-,13+/m0/s1. The average molecular weight is 346 g/mol.